The fourth-order valence-corrected chi connectivity index (χ4v) is 4.67. The van der Waals surface area contributed by atoms with Gasteiger partial charge in [-0.05, 0) is 67.5 Å². The van der Waals surface area contributed by atoms with Gasteiger partial charge in [0.1, 0.15) is 0 Å². The summed E-state index contributed by atoms with van der Waals surface area (Å²) in [5.74, 6) is 1.77. The fourth-order valence-electron chi connectivity index (χ4n) is 4.67. The second kappa shape index (κ2) is 11.8. The normalized spacial score (nSPS) is 21.0. The second-order valence-corrected chi connectivity index (χ2v) is 9.95. The van der Waals surface area contributed by atoms with Crippen molar-refractivity contribution in [1.29, 1.82) is 0 Å². The second-order valence-electron chi connectivity index (χ2n) is 9.95. The number of hydrogen-bond acceptors (Lipinski definition) is 5. The Bertz CT molecular complexity index is 1170. The van der Waals surface area contributed by atoms with Gasteiger partial charge in [-0.3, -0.25) is 9.59 Å². The Hall–Kier alpha value is -3.41. The number of amides is 2. The van der Waals surface area contributed by atoms with Gasteiger partial charge in [-0.25, -0.2) is 4.39 Å². The van der Waals surface area contributed by atoms with E-state index in [-0.39, 0.29) is 49.0 Å². The van der Waals surface area contributed by atoms with Crippen molar-refractivity contribution in [2.75, 3.05) is 26.7 Å². The van der Waals surface area contributed by atoms with Crippen molar-refractivity contribution >= 4 is 11.8 Å². The predicted octanol–water partition coefficient (Wildman–Crippen LogP) is 2.50. The van der Waals surface area contributed by atoms with Crippen LogP contribution in [0.5, 0.6) is 5.75 Å². The van der Waals surface area contributed by atoms with E-state index >= 15 is 0 Å². The summed E-state index contributed by atoms with van der Waals surface area (Å²) < 4.78 is 20.2. The first-order chi connectivity index (χ1) is 17.8. The maximum Gasteiger partial charge on any atom is 0.239 e. The first kappa shape index (κ1) is 26.6. The minimum absolute atomic E-state index is 0.123. The number of benzene rings is 2. The first-order valence-electron chi connectivity index (χ1n) is 12.7. The topological polar surface area (TPSA) is 90.9 Å². The van der Waals surface area contributed by atoms with E-state index in [1.54, 1.807) is 19.2 Å². The Balaban J connectivity index is 1.50. The molecule has 8 heteroatoms. The molecule has 1 fully saturated rings. The lowest BCUT2D eigenvalue weighted by atomic mass is 9.98. The third-order valence-electron chi connectivity index (χ3n) is 7.09. The number of ether oxygens (including phenoxy) is 1. The number of halogens is 1. The van der Waals surface area contributed by atoms with Gasteiger partial charge in [-0.1, -0.05) is 24.1 Å². The maximum atomic E-state index is 14.7. The number of hydrogen-bond donors (Lipinski definition) is 3. The number of nitrogens with one attached hydrogen (secondary N) is 2. The van der Waals surface area contributed by atoms with Gasteiger partial charge in [-0.2, -0.15) is 0 Å². The van der Waals surface area contributed by atoms with Crippen LogP contribution in [0.2, 0.25) is 0 Å². The molecular formula is C29H34FN3O4. The molecule has 2 aliphatic heterocycles. The van der Waals surface area contributed by atoms with E-state index in [0.717, 1.165) is 24.0 Å². The zero-order chi connectivity index (χ0) is 26.4. The zero-order valence-corrected chi connectivity index (χ0v) is 21.1. The summed E-state index contributed by atoms with van der Waals surface area (Å²) in [6.45, 7) is 0.387. The molecule has 3 N–H and O–H groups in total. The number of fused-ring (bicyclic) bond motifs is 13. The Morgan fingerprint density at radius 2 is 2.08 bits per heavy atom. The van der Waals surface area contributed by atoms with E-state index in [2.05, 4.69) is 16.6 Å². The van der Waals surface area contributed by atoms with E-state index in [0.29, 0.717) is 25.0 Å². The van der Waals surface area contributed by atoms with E-state index in [1.807, 2.05) is 24.3 Å². The molecule has 0 saturated heterocycles. The number of carbonyl (C=O) groups is 2. The number of likely N-dealkylation sites (N-methyl/N-ethyl adjacent to an activating group) is 1. The number of terminal acetylenes is 1. The van der Waals surface area contributed by atoms with Crippen LogP contribution in [0.3, 0.4) is 0 Å². The smallest absolute Gasteiger partial charge is 0.239 e. The maximum absolute atomic E-state index is 14.7. The molecule has 2 aromatic carbocycles. The lowest BCUT2D eigenvalue weighted by Gasteiger charge is -2.28. The van der Waals surface area contributed by atoms with E-state index < -0.39 is 18.0 Å². The molecule has 2 bridgehead atoms. The molecular weight excluding hydrogens is 473 g/mol. The lowest BCUT2D eigenvalue weighted by molar-refractivity contribution is -0.135. The molecule has 196 valence electrons. The number of rotatable bonds is 5. The molecule has 1 saturated carbocycles. The molecule has 0 spiro atoms. The van der Waals surface area contributed by atoms with Crippen LogP contribution in [-0.2, 0) is 21.5 Å². The third kappa shape index (κ3) is 6.88. The Morgan fingerprint density at radius 1 is 1.27 bits per heavy atom. The highest BCUT2D eigenvalue weighted by atomic mass is 19.1. The molecule has 0 aromatic heterocycles. The molecule has 0 unspecified atom stereocenters. The molecule has 3 aliphatic rings. The van der Waals surface area contributed by atoms with Gasteiger partial charge >= 0.3 is 0 Å². The van der Waals surface area contributed by atoms with Crippen LogP contribution in [0.15, 0.2) is 42.5 Å². The van der Waals surface area contributed by atoms with Crippen molar-refractivity contribution in [1.82, 2.24) is 15.5 Å². The minimum Gasteiger partial charge on any atom is -0.491 e. The highest BCUT2D eigenvalue weighted by molar-refractivity contribution is 5.84. The molecule has 2 heterocycles. The van der Waals surface area contributed by atoms with Crippen LogP contribution < -0.4 is 15.4 Å². The summed E-state index contributed by atoms with van der Waals surface area (Å²) in [7, 11) is 1.59. The summed E-state index contributed by atoms with van der Waals surface area (Å²) in [5, 5.41) is 17.5. The number of aliphatic hydroxyl groups excluding tert-OH is 1. The Kier molecular flexibility index (Phi) is 8.47. The van der Waals surface area contributed by atoms with Gasteiger partial charge < -0.3 is 25.4 Å². The van der Waals surface area contributed by atoms with Crippen LogP contribution in [0.4, 0.5) is 4.39 Å². The summed E-state index contributed by atoms with van der Waals surface area (Å²) in [5.41, 5.74) is 2.21. The van der Waals surface area contributed by atoms with Gasteiger partial charge in [0.15, 0.2) is 11.6 Å². The van der Waals surface area contributed by atoms with Gasteiger partial charge in [0.2, 0.25) is 11.8 Å². The largest absolute Gasteiger partial charge is 0.491 e. The zero-order valence-electron chi connectivity index (χ0n) is 21.1. The quantitative estimate of drug-likeness (QED) is 0.541. The van der Waals surface area contributed by atoms with E-state index in [4.69, 9.17) is 11.2 Å². The third-order valence-corrected chi connectivity index (χ3v) is 7.09. The molecule has 5 rings (SSSR count). The van der Waals surface area contributed by atoms with Crippen molar-refractivity contribution < 1.29 is 23.8 Å². The summed E-state index contributed by atoms with van der Waals surface area (Å²) in [6, 6.07) is 11.8. The van der Waals surface area contributed by atoms with Crippen molar-refractivity contribution in [2.24, 2.45) is 0 Å². The minimum atomic E-state index is -0.962. The van der Waals surface area contributed by atoms with Gasteiger partial charge in [-0.15, -0.1) is 6.42 Å². The molecule has 2 amide bonds. The van der Waals surface area contributed by atoms with Crippen molar-refractivity contribution in [2.45, 2.75) is 56.2 Å². The average Bonchev–Trinajstić information content (AvgIpc) is 3.68. The molecule has 37 heavy (non-hydrogen) atoms. The van der Waals surface area contributed by atoms with Gasteiger partial charge in [0.25, 0.3) is 0 Å². The van der Waals surface area contributed by atoms with Gasteiger partial charge in [0, 0.05) is 31.1 Å². The van der Waals surface area contributed by atoms with Crippen LogP contribution in [-0.4, -0.2) is 60.7 Å². The Labute approximate surface area is 217 Å². The summed E-state index contributed by atoms with van der Waals surface area (Å²) >= 11 is 0. The monoisotopic (exact) mass is 507 g/mol. The number of nitrogens with zero attached hydrogens (tertiary/aromatic N) is 1. The molecule has 0 radical (unpaired) electrons. The van der Waals surface area contributed by atoms with E-state index in [1.165, 1.54) is 11.0 Å². The van der Waals surface area contributed by atoms with Crippen molar-refractivity contribution in [3.8, 4) is 18.1 Å². The fraction of sp³-hybridized carbons (Fsp3) is 0.448. The number of aliphatic hydroxyl groups is 1. The van der Waals surface area contributed by atoms with Crippen LogP contribution >= 0.6 is 0 Å². The summed E-state index contributed by atoms with van der Waals surface area (Å²) in [6.07, 6.45) is 8.06. The highest BCUT2D eigenvalue weighted by Crippen LogP contribution is 2.45. The van der Waals surface area contributed by atoms with Crippen molar-refractivity contribution in [3.63, 3.8) is 0 Å². The summed E-state index contributed by atoms with van der Waals surface area (Å²) in [4.78, 5) is 26.6. The molecule has 2 aromatic rings. The molecule has 7 nitrogen and oxygen atoms in total. The highest BCUT2D eigenvalue weighted by Gasteiger charge is 2.44. The molecule has 1 aliphatic carbocycles. The molecule has 2 atom stereocenters. The van der Waals surface area contributed by atoms with Crippen LogP contribution in [0, 0.1) is 18.2 Å². The van der Waals surface area contributed by atoms with Crippen molar-refractivity contribution in [3.05, 3.63) is 65.0 Å². The van der Waals surface area contributed by atoms with Crippen LogP contribution in [0.25, 0.3) is 0 Å². The first-order valence-corrected chi connectivity index (χ1v) is 12.7. The van der Waals surface area contributed by atoms with Gasteiger partial charge in [0.05, 0.1) is 25.3 Å². The number of carbonyl (C=O) groups excluding carboxylic acids is 2. The predicted molar refractivity (Wildman–Crippen MR) is 138 cm³/mol. The lowest BCUT2D eigenvalue weighted by Crippen LogP contribution is -2.52. The standard InChI is InChI=1S/C29H34FN3O4/c1-3-20-7-6-8-22(15-20)29(12-13-29)31-18-25(34)24-17-21-10-11-26(23(30)16-21)37-14-5-4-9-28(36)33(2)19-27(35)32-24/h1,6-8,10-11,15-16,24-25,31,34H,4-5,9,12-14,17-19H2,2H3,(H,32,35)/t24-,25+/m0/s1. The SMILES string of the molecule is C#Cc1cccc(C2(NC[C@@H](O)[C@@H]3Cc4ccc(c(F)c4)OCCCCC(=O)N(C)CC(=O)N3)CC2)c1. The van der Waals surface area contributed by atoms with Crippen LogP contribution in [0.1, 0.15) is 48.8 Å². The Morgan fingerprint density at radius 3 is 2.81 bits per heavy atom. The van der Waals surface area contributed by atoms with E-state index in [9.17, 15) is 19.1 Å². The average molecular weight is 508 g/mol.